The third-order valence-electron chi connectivity index (χ3n) is 4.14. The van der Waals surface area contributed by atoms with Gasteiger partial charge in [-0.25, -0.2) is 0 Å². The first-order valence-electron chi connectivity index (χ1n) is 9.09. The summed E-state index contributed by atoms with van der Waals surface area (Å²) in [6.45, 7) is 4.52. The van der Waals surface area contributed by atoms with E-state index in [1.54, 1.807) is 0 Å². The summed E-state index contributed by atoms with van der Waals surface area (Å²) in [5.41, 5.74) is -2.54. The second-order valence-electron chi connectivity index (χ2n) is 6.23. The molecule has 0 aromatic heterocycles. The first-order chi connectivity index (χ1) is 13.0. The maximum Gasteiger partial charge on any atom is 0.500 e. The van der Waals surface area contributed by atoms with E-state index in [0.29, 0.717) is 38.5 Å². The lowest BCUT2D eigenvalue weighted by molar-refractivity contribution is -0.143. The molecule has 3 nitrogen and oxygen atoms in total. The van der Waals surface area contributed by atoms with E-state index in [2.05, 4.69) is 0 Å². The molecule has 0 spiro atoms. The molecule has 0 bridgehead atoms. The highest BCUT2D eigenvalue weighted by Gasteiger charge is 2.39. The molecule has 0 aliphatic carbocycles. The number of halogens is 6. The molecule has 0 fully saturated rings. The number of benzene rings is 1. The standard InChI is InChI=1S/C18H26F6O3Si/c1-4-26-28(25-3,27-5-2)10-8-6-7-9-14-11-15(17(19,20)21)13-16(12-14)18(22,23)24/h11-13H,4-10H2,1-3H3. The van der Waals surface area contributed by atoms with Crippen LogP contribution in [0.5, 0.6) is 0 Å². The molecule has 0 radical (unpaired) electrons. The molecule has 162 valence electrons. The van der Waals surface area contributed by atoms with Crippen LogP contribution in [-0.4, -0.2) is 29.1 Å². The summed E-state index contributed by atoms with van der Waals surface area (Å²) in [5.74, 6) is 0. The van der Waals surface area contributed by atoms with Crippen molar-refractivity contribution in [2.24, 2.45) is 0 Å². The van der Waals surface area contributed by atoms with Crippen molar-refractivity contribution < 1.29 is 39.6 Å². The van der Waals surface area contributed by atoms with E-state index in [1.165, 1.54) is 7.11 Å². The normalized spacial score (nSPS) is 13.2. The van der Waals surface area contributed by atoms with Gasteiger partial charge in [0.05, 0.1) is 11.1 Å². The Bertz CT molecular complexity index is 566. The van der Waals surface area contributed by atoms with E-state index in [-0.39, 0.29) is 18.1 Å². The Morgan fingerprint density at radius 1 is 0.786 bits per heavy atom. The van der Waals surface area contributed by atoms with Crippen LogP contribution in [0.1, 0.15) is 49.8 Å². The fourth-order valence-electron chi connectivity index (χ4n) is 2.86. The van der Waals surface area contributed by atoms with E-state index in [0.717, 1.165) is 12.1 Å². The van der Waals surface area contributed by atoms with Crippen molar-refractivity contribution in [3.63, 3.8) is 0 Å². The molecule has 0 N–H and O–H groups in total. The summed E-state index contributed by atoms with van der Waals surface area (Å²) in [4.78, 5) is 0. The summed E-state index contributed by atoms with van der Waals surface area (Å²) < 4.78 is 94.0. The Morgan fingerprint density at radius 3 is 1.68 bits per heavy atom. The fourth-order valence-corrected chi connectivity index (χ4v) is 5.23. The molecule has 0 saturated heterocycles. The first-order valence-corrected chi connectivity index (χ1v) is 11.0. The summed E-state index contributed by atoms with van der Waals surface area (Å²) in [7, 11) is -1.25. The minimum absolute atomic E-state index is 0.0204. The second kappa shape index (κ2) is 10.6. The van der Waals surface area contributed by atoms with Crippen molar-refractivity contribution in [3.05, 3.63) is 34.9 Å². The highest BCUT2D eigenvalue weighted by Crippen LogP contribution is 2.36. The number of unbranched alkanes of at least 4 members (excludes halogenated alkanes) is 2. The largest absolute Gasteiger partial charge is 0.500 e. The monoisotopic (exact) mass is 432 g/mol. The van der Waals surface area contributed by atoms with Gasteiger partial charge in [0.15, 0.2) is 0 Å². The predicted molar refractivity (Wildman–Crippen MR) is 94.8 cm³/mol. The second-order valence-corrected chi connectivity index (χ2v) is 9.08. The van der Waals surface area contributed by atoms with E-state index in [4.69, 9.17) is 13.3 Å². The minimum Gasteiger partial charge on any atom is -0.377 e. The Morgan fingerprint density at radius 2 is 1.29 bits per heavy atom. The third-order valence-corrected chi connectivity index (χ3v) is 7.18. The summed E-state index contributed by atoms with van der Waals surface area (Å²) in [6, 6.07) is 2.25. The summed E-state index contributed by atoms with van der Waals surface area (Å²) >= 11 is 0. The van der Waals surface area contributed by atoms with Gasteiger partial charge in [-0.2, -0.15) is 26.3 Å². The Labute approximate surface area is 162 Å². The van der Waals surface area contributed by atoms with Gasteiger partial charge in [0.2, 0.25) is 0 Å². The van der Waals surface area contributed by atoms with E-state index in [9.17, 15) is 26.3 Å². The van der Waals surface area contributed by atoms with Crippen LogP contribution in [0.4, 0.5) is 26.3 Å². The molecule has 1 aromatic rings. The van der Waals surface area contributed by atoms with Gasteiger partial charge in [-0.05, 0) is 56.9 Å². The molecule has 0 amide bonds. The molecule has 0 heterocycles. The van der Waals surface area contributed by atoms with Gasteiger partial charge >= 0.3 is 21.2 Å². The van der Waals surface area contributed by atoms with Crippen LogP contribution in [0.25, 0.3) is 0 Å². The fraction of sp³-hybridized carbons (Fsp3) is 0.667. The van der Waals surface area contributed by atoms with Crippen molar-refractivity contribution >= 4 is 8.80 Å². The molecule has 0 aliphatic heterocycles. The molecule has 1 aromatic carbocycles. The predicted octanol–water partition coefficient (Wildman–Crippen LogP) is 6.10. The molecular weight excluding hydrogens is 406 g/mol. The van der Waals surface area contributed by atoms with Gasteiger partial charge in [-0.3, -0.25) is 0 Å². The average Bonchev–Trinajstić information content (AvgIpc) is 2.60. The lowest BCUT2D eigenvalue weighted by Crippen LogP contribution is -2.44. The Hall–Kier alpha value is -1.10. The van der Waals surface area contributed by atoms with Gasteiger partial charge in [-0.15, -0.1) is 0 Å². The van der Waals surface area contributed by atoms with E-state index >= 15 is 0 Å². The number of hydrogen-bond donors (Lipinski definition) is 0. The van der Waals surface area contributed by atoms with Crippen LogP contribution in [0, 0.1) is 0 Å². The van der Waals surface area contributed by atoms with Crippen LogP contribution in [0.2, 0.25) is 6.04 Å². The molecule has 0 unspecified atom stereocenters. The SMILES string of the molecule is CCO[Si](CCCCCc1cc(C(F)(F)F)cc(C(F)(F)F)c1)(OC)OCC. The molecular formula is C18H26F6O3Si. The summed E-state index contributed by atoms with van der Waals surface area (Å²) in [6.07, 6.45) is -7.83. The number of alkyl halides is 6. The molecule has 0 atom stereocenters. The van der Waals surface area contributed by atoms with Gasteiger partial charge in [0.25, 0.3) is 0 Å². The number of rotatable bonds is 11. The van der Waals surface area contributed by atoms with E-state index in [1.807, 2.05) is 13.8 Å². The van der Waals surface area contributed by atoms with Gasteiger partial charge < -0.3 is 13.3 Å². The Balaban J connectivity index is 2.72. The number of hydrogen-bond acceptors (Lipinski definition) is 3. The topological polar surface area (TPSA) is 27.7 Å². The van der Waals surface area contributed by atoms with Crippen molar-refractivity contribution in [2.45, 2.75) is 57.9 Å². The zero-order valence-corrected chi connectivity index (χ0v) is 17.2. The van der Waals surface area contributed by atoms with Crippen LogP contribution in [0.15, 0.2) is 18.2 Å². The van der Waals surface area contributed by atoms with Crippen LogP contribution < -0.4 is 0 Å². The molecule has 10 heteroatoms. The van der Waals surface area contributed by atoms with Crippen molar-refractivity contribution in [1.29, 1.82) is 0 Å². The van der Waals surface area contributed by atoms with Gasteiger partial charge in [-0.1, -0.05) is 6.42 Å². The molecule has 0 saturated carbocycles. The molecule has 28 heavy (non-hydrogen) atoms. The first kappa shape index (κ1) is 24.9. The van der Waals surface area contributed by atoms with Crippen LogP contribution in [-0.2, 0) is 32.1 Å². The maximum atomic E-state index is 12.9. The zero-order chi connectivity index (χ0) is 21.4. The molecule has 1 rings (SSSR count). The van der Waals surface area contributed by atoms with Crippen molar-refractivity contribution in [1.82, 2.24) is 0 Å². The number of aryl methyl sites for hydroxylation is 1. The highest BCUT2D eigenvalue weighted by atomic mass is 28.4. The van der Waals surface area contributed by atoms with Crippen LogP contribution >= 0.6 is 0 Å². The minimum atomic E-state index is -4.82. The van der Waals surface area contributed by atoms with Gasteiger partial charge in [0, 0.05) is 26.4 Å². The lowest BCUT2D eigenvalue weighted by Gasteiger charge is -2.27. The summed E-state index contributed by atoms with van der Waals surface area (Å²) in [5, 5.41) is 0. The third kappa shape index (κ3) is 7.73. The van der Waals surface area contributed by atoms with Crippen molar-refractivity contribution in [3.8, 4) is 0 Å². The average molecular weight is 432 g/mol. The van der Waals surface area contributed by atoms with E-state index < -0.39 is 32.3 Å². The Kier molecular flexibility index (Phi) is 9.45. The highest BCUT2D eigenvalue weighted by molar-refractivity contribution is 6.60. The maximum absolute atomic E-state index is 12.9. The van der Waals surface area contributed by atoms with Crippen LogP contribution in [0.3, 0.4) is 0 Å². The molecule has 0 aliphatic rings. The quantitative estimate of drug-likeness (QED) is 0.240. The van der Waals surface area contributed by atoms with Crippen molar-refractivity contribution in [2.75, 3.05) is 20.3 Å². The van der Waals surface area contributed by atoms with Gasteiger partial charge in [0.1, 0.15) is 0 Å². The zero-order valence-electron chi connectivity index (χ0n) is 16.2. The lowest BCUT2D eigenvalue weighted by atomic mass is 10.0. The smallest absolute Gasteiger partial charge is 0.377 e.